The standard InChI is InChI=1S/C13H20N2O6/c1-3-8(12(18)19)14(2)10(16)11(17)15-7-5-4-6-9(15)13(20)21/h8-9H,3-7H2,1-2H3,(H,18,19)(H,20,21)/t8?,9-/m1/s1. The summed E-state index contributed by atoms with van der Waals surface area (Å²) >= 11 is 0. The summed E-state index contributed by atoms with van der Waals surface area (Å²) < 4.78 is 0. The molecule has 1 unspecified atom stereocenters. The van der Waals surface area contributed by atoms with Gasteiger partial charge in [0.25, 0.3) is 0 Å². The van der Waals surface area contributed by atoms with Gasteiger partial charge in [0, 0.05) is 13.6 Å². The Bertz CT molecular complexity index is 450. The highest BCUT2D eigenvalue weighted by atomic mass is 16.4. The number of likely N-dealkylation sites (tertiary alicyclic amines) is 1. The van der Waals surface area contributed by atoms with E-state index in [2.05, 4.69) is 0 Å². The lowest BCUT2D eigenvalue weighted by molar-refractivity contribution is -0.162. The lowest BCUT2D eigenvalue weighted by Gasteiger charge is -2.34. The van der Waals surface area contributed by atoms with E-state index in [4.69, 9.17) is 10.2 Å². The predicted molar refractivity (Wildman–Crippen MR) is 71.5 cm³/mol. The number of carbonyl (C=O) groups is 4. The minimum atomic E-state index is -1.20. The molecule has 1 saturated heterocycles. The molecule has 1 heterocycles. The number of piperidine rings is 1. The van der Waals surface area contributed by atoms with E-state index < -0.39 is 35.8 Å². The second-order valence-electron chi connectivity index (χ2n) is 5.03. The Hall–Kier alpha value is -2.12. The maximum atomic E-state index is 12.2. The molecule has 0 radical (unpaired) electrons. The van der Waals surface area contributed by atoms with E-state index in [1.165, 1.54) is 7.05 Å². The third-order valence-electron chi connectivity index (χ3n) is 3.69. The lowest BCUT2D eigenvalue weighted by Crippen LogP contribution is -2.55. The molecule has 2 atom stereocenters. The van der Waals surface area contributed by atoms with E-state index in [0.717, 1.165) is 9.80 Å². The molecule has 0 aliphatic carbocycles. The molecule has 0 aromatic carbocycles. The minimum absolute atomic E-state index is 0.160. The average molecular weight is 300 g/mol. The first kappa shape index (κ1) is 16.9. The number of amides is 2. The number of hydrogen-bond donors (Lipinski definition) is 2. The molecule has 8 heteroatoms. The number of nitrogens with zero attached hydrogens (tertiary/aromatic N) is 2. The van der Waals surface area contributed by atoms with Crippen molar-refractivity contribution in [1.29, 1.82) is 0 Å². The van der Waals surface area contributed by atoms with Crippen LogP contribution in [0.25, 0.3) is 0 Å². The van der Waals surface area contributed by atoms with Crippen LogP contribution in [0.3, 0.4) is 0 Å². The lowest BCUT2D eigenvalue weighted by atomic mass is 10.0. The molecule has 0 bridgehead atoms. The summed E-state index contributed by atoms with van der Waals surface area (Å²) in [6, 6.07) is -2.12. The van der Waals surface area contributed by atoms with E-state index >= 15 is 0 Å². The SMILES string of the molecule is CCC(C(=O)O)N(C)C(=O)C(=O)N1CCCC[C@@H]1C(=O)O. The second-order valence-corrected chi connectivity index (χ2v) is 5.03. The first-order valence-corrected chi connectivity index (χ1v) is 6.84. The molecule has 1 rings (SSSR count). The smallest absolute Gasteiger partial charge is 0.326 e. The Labute approximate surface area is 122 Å². The summed E-state index contributed by atoms with van der Waals surface area (Å²) in [7, 11) is 1.24. The van der Waals surface area contributed by atoms with Crippen molar-refractivity contribution in [3.8, 4) is 0 Å². The second kappa shape index (κ2) is 7.05. The van der Waals surface area contributed by atoms with Crippen LogP contribution in [0.4, 0.5) is 0 Å². The van der Waals surface area contributed by atoms with Crippen molar-refractivity contribution < 1.29 is 29.4 Å². The first-order valence-electron chi connectivity index (χ1n) is 6.84. The monoisotopic (exact) mass is 300 g/mol. The van der Waals surface area contributed by atoms with Gasteiger partial charge in [-0.2, -0.15) is 0 Å². The van der Waals surface area contributed by atoms with E-state index in [1.807, 2.05) is 0 Å². The zero-order valence-electron chi connectivity index (χ0n) is 12.1. The molecule has 1 aliphatic heterocycles. The first-order chi connectivity index (χ1) is 9.81. The van der Waals surface area contributed by atoms with Crippen molar-refractivity contribution in [2.24, 2.45) is 0 Å². The summed E-state index contributed by atoms with van der Waals surface area (Å²) in [6.45, 7) is 1.78. The zero-order valence-corrected chi connectivity index (χ0v) is 12.1. The fourth-order valence-corrected chi connectivity index (χ4v) is 2.46. The quantitative estimate of drug-likeness (QED) is 0.693. The molecule has 2 amide bonds. The normalized spacial score (nSPS) is 19.7. The van der Waals surface area contributed by atoms with Gasteiger partial charge in [-0.1, -0.05) is 6.92 Å². The number of carbonyl (C=O) groups excluding carboxylic acids is 2. The highest BCUT2D eigenvalue weighted by Gasteiger charge is 2.38. The van der Waals surface area contributed by atoms with Crippen LogP contribution < -0.4 is 0 Å². The molecular weight excluding hydrogens is 280 g/mol. The van der Waals surface area contributed by atoms with Crippen molar-refractivity contribution in [3.05, 3.63) is 0 Å². The third kappa shape index (κ3) is 3.71. The fraction of sp³-hybridized carbons (Fsp3) is 0.692. The van der Waals surface area contributed by atoms with E-state index in [0.29, 0.717) is 19.3 Å². The zero-order chi connectivity index (χ0) is 16.2. The van der Waals surface area contributed by atoms with Crippen molar-refractivity contribution in [3.63, 3.8) is 0 Å². The fourth-order valence-electron chi connectivity index (χ4n) is 2.46. The number of carboxylic acids is 2. The van der Waals surface area contributed by atoms with Gasteiger partial charge in [-0.15, -0.1) is 0 Å². The van der Waals surface area contributed by atoms with Gasteiger partial charge in [0.15, 0.2) is 0 Å². The number of hydrogen-bond acceptors (Lipinski definition) is 4. The number of aliphatic carboxylic acids is 2. The van der Waals surface area contributed by atoms with Crippen LogP contribution >= 0.6 is 0 Å². The van der Waals surface area contributed by atoms with E-state index in [1.54, 1.807) is 6.92 Å². The van der Waals surface area contributed by atoms with Gasteiger partial charge in [-0.3, -0.25) is 9.59 Å². The Morgan fingerprint density at radius 1 is 1.24 bits per heavy atom. The van der Waals surface area contributed by atoms with Crippen molar-refractivity contribution in [2.45, 2.75) is 44.7 Å². The Balaban J connectivity index is 2.87. The van der Waals surface area contributed by atoms with Crippen LogP contribution in [0, 0.1) is 0 Å². The number of carboxylic acid groups (broad SMARTS) is 2. The minimum Gasteiger partial charge on any atom is -0.480 e. The van der Waals surface area contributed by atoms with Gasteiger partial charge in [0.2, 0.25) is 0 Å². The summed E-state index contributed by atoms with van der Waals surface area (Å²) in [6.07, 6.45) is 1.77. The molecule has 0 spiro atoms. The van der Waals surface area contributed by atoms with Gasteiger partial charge < -0.3 is 20.0 Å². The maximum Gasteiger partial charge on any atom is 0.326 e. The van der Waals surface area contributed by atoms with Crippen LogP contribution in [-0.4, -0.2) is 69.4 Å². The van der Waals surface area contributed by atoms with Gasteiger partial charge in [-0.25, -0.2) is 9.59 Å². The van der Waals surface area contributed by atoms with E-state index in [-0.39, 0.29) is 13.0 Å². The molecule has 2 N–H and O–H groups in total. The summed E-state index contributed by atoms with van der Waals surface area (Å²) in [5.41, 5.74) is 0. The van der Waals surface area contributed by atoms with Gasteiger partial charge in [0.1, 0.15) is 12.1 Å². The molecule has 0 aromatic rings. The van der Waals surface area contributed by atoms with Crippen LogP contribution in [0.2, 0.25) is 0 Å². The molecular formula is C13H20N2O6. The molecule has 21 heavy (non-hydrogen) atoms. The number of likely N-dealkylation sites (N-methyl/N-ethyl adjacent to an activating group) is 1. The molecule has 1 aliphatic rings. The summed E-state index contributed by atoms with van der Waals surface area (Å²) in [5.74, 6) is -4.29. The Morgan fingerprint density at radius 3 is 2.33 bits per heavy atom. The molecule has 1 fully saturated rings. The Morgan fingerprint density at radius 2 is 1.86 bits per heavy atom. The number of rotatable bonds is 4. The Kier molecular flexibility index (Phi) is 5.69. The average Bonchev–Trinajstić information content (AvgIpc) is 2.45. The predicted octanol–water partition coefficient (Wildman–Crippen LogP) is -0.226. The van der Waals surface area contributed by atoms with Gasteiger partial charge in [0.05, 0.1) is 0 Å². The highest BCUT2D eigenvalue weighted by Crippen LogP contribution is 2.18. The largest absolute Gasteiger partial charge is 0.480 e. The molecule has 0 saturated carbocycles. The third-order valence-corrected chi connectivity index (χ3v) is 3.69. The van der Waals surface area contributed by atoms with Crippen LogP contribution in [0.5, 0.6) is 0 Å². The van der Waals surface area contributed by atoms with Crippen LogP contribution in [0.15, 0.2) is 0 Å². The van der Waals surface area contributed by atoms with Gasteiger partial charge in [-0.05, 0) is 25.7 Å². The van der Waals surface area contributed by atoms with Crippen LogP contribution in [0.1, 0.15) is 32.6 Å². The topological polar surface area (TPSA) is 115 Å². The van der Waals surface area contributed by atoms with E-state index in [9.17, 15) is 19.2 Å². The summed E-state index contributed by atoms with van der Waals surface area (Å²) in [4.78, 5) is 48.3. The van der Waals surface area contributed by atoms with Crippen molar-refractivity contribution in [2.75, 3.05) is 13.6 Å². The van der Waals surface area contributed by atoms with Gasteiger partial charge >= 0.3 is 23.8 Å². The molecule has 8 nitrogen and oxygen atoms in total. The highest BCUT2D eigenvalue weighted by molar-refractivity contribution is 6.35. The molecule has 0 aromatic heterocycles. The summed E-state index contributed by atoms with van der Waals surface area (Å²) in [5, 5.41) is 18.1. The van der Waals surface area contributed by atoms with Crippen LogP contribution in [-0.2, 0) is 19.2 Å². The van der Waals surface area contributed by atoms with Crippen molar-refractivity contribution >= 4 is 23.8 Å². The van der Waals surface area contributed by atoms with Crippen molar-refractivity contribution in [1.82, 2.24) is 9.80 Å². The molecule has 118 valence electrons. The maximum absolute atomic E-state index is 12.2.